The first-order valence-corrected chi connectivity index (χ1v) is 11.0. The predicted molar refractivity (Wildman–Crippen MR) is 117 cm³/mol. The molecule has 2 rings (SSSR count). The normalized spacial score (nSPS) is 11.7. The second kappa shape index (κ2) is 11.8. The molecular weight excluding hydrogens is 392 g/mol. The van der Waals surface area contributed by atoms with E-state index in [1.165, 1.54) is 0 Å². The fourth-order valence-electron chi connectivity index (χ4n) is 2.68. The second-order valence-corrected chi connectivity index (χ2v) is 8.02. The number of carbonyl (C=O) groups excluding carboxylic acids is 2. The number of nitrogens with zero attached hydrogens (tertiary/aromatic N) is 1. The Morgan fingerprint density at radius 2 is 1.75 bits per heavy atom. The van der Waals surface area contributed by atoms with E-state index in [2.05, 4.69) is 5.32 Å². The fourth-order valence-corrected chi connectivity index (χ4v) is 3.68. The molecule has 0 heterocycles. The van der Waals surface area contributed by atoms with Crippen molar-refractivity contribution >= 4 is 35.2 Å². The molecule has 1 unspecified atom stereocenters. The molecule has 0 aliphatic carbocycles. The number of rotatable bonds is 10. The quantitative estimate of drug-likeness (QED) is 0.617. The molecule has 0 radical (unpaired) electrons. The monoisotopic (exact) mass is 418 g/mol. The highest BCUT2D eigenvalue weighted by Crippen LogP contribution is 2.17. The van der Waals surface area contributed by atoms with E-state index in [1.54, 1.807) is 23.6 Å². The van der Waals surface area contributed by atoms with Crippen LogP contribution in [-0.2, 0) is 21.9 Å². The zero-order valence-electron chi connectivity index (χ0n) is 16.4. The van der Waals surface area contributed by atoms with Crippen molar-refractivity contribution in [3.05, 3.63) is 70.7 Å². The van der Waals surface area contributed by atoms with Gasteiger partial charge in [0.1, 0.15) is 6.04 Å². The third-order valence-corrected chi connectivity index (χ3v) is 5.56. The number of nitrogens with one attached hydrogen (secondary N) is 1. The highest BCUT2D eigenvalue weighted by molar-refractivity contribution is 7.99. The summed E-state index contributed by atoms with van der Waals surface area (Å²) < 4.78 is 0. The standard InChI is InChI=1S/C22H27ClN2O2S/c1-3-13-24-22(27)17(2)25(14-18-7-5-4-6-8-18)21(26)16-28-15-19-9-11-20(23)12-10-19/h4-12,17H,3,13-16H2,1-2H3,(H,24,27). The Balaban J connectivity index is 2.00. The average molecular weight is 419 g/mol. The third kappa shape index (κ3) is 7.21. The summed E-state index contributed by atoms with van der Waals surface area (Å²) in [5.41, 5.74) is 2.12. The Bertz CT molecular complexity index is 753. The minimum Gasteiger partial charge on any atom is -0.354 e. The second-order valence-electron chi connectivity index (χ2n) is 6.59. The Hall–Kier alpha value is -1.98. The summed E-state index contributed by atoms with van der Waals surface area (Å²) in [6.07, 6.45) is 0.863. The van der Waals surface area contributed by atoms with Crippen LogP contribution in [-0.4, -0.2) is 35.1 Å². The maximum absolute atomic E-state index is 12.9. The molecule has 6 heteroatoms. The molecule has 0 bridgehead atoms. The molecule has 1 N–H and O–H groups in total. The van der Waals surface area contributed by atoms with E-state index < -0.39 is 6.04 Å². The lowest BCUT2D eigenvalue weighted by atomic mass is 10.1. The van der Waals surface area contributed by atoms with Gasteiger partial charge in [-0.1, -0.05) is 61.0 Å². The molecule has 2 aromatic carbocycles. The summed E-state index contributed by atoms with van der Waals surface area (Å²) in [4.78, 5) is 27.0. The molecule has 4 nitrogen and oxygen atoms in total. The average Bonchev–Trinajstić information content (AvgIpc) is 2.71. The molecule has 0 aliphatic heterocycles. The van der Waals surface area contributed by atoms with E-state index in [0.717, 1.165) is 23.3 Å². The van der Waals surface area contributed by atoms with Crippen molar-refractivity contribution in [2.24, 2.45) is 0 Å². The summed E-state index contributed by atoms with van der Waals surface area (Å²) in [6, 6.07) is 16.9. The van der Waals surface area contributed by atoms with Crippen molar-refractivity contribution in [3.63, 3.8) is 0 Å². The minimum absolute atomic E-state index is 0.0398. The molecule has 0 aromatic heterocycles. The van der Waals surface area contributed by atoms with Crippen LogP contribution in [0.2, 0.25) is 5.02 Å². The van der Waals surface area contributed by atoms with Gasteiger partial charge < -0.3 is 10.2 Å². The summed E-state index contributed by atoms with van der Waals surface area (Å²) in [7, 11) is 0. The van der Waals surface area contributed by atoms with E-state index in [1.807, 2.05) is 61.5 Å². The third-order valence-electron chi connectivity index (χ3n) is 4.32. The zero-order chi connectivity index (χ0) is 20.4. The summed E-state index contributed by atoms with van der Waals surface area (Å²) in [5, 5.41) is 3.59. The first-order chi connectivity index (χ1) is 13.5. The molecule has 150 valence electrons. The number of amides is 2. The molecule has 0 spiro atoms. The van der Waals surface area contributed by atoms with Crippen molar-refractivity contribution in [3.8, 4) is 0 Å². The van der Waals surface area contributed by atoms with E-state index >= 15 is 0 Å². The lowest BCUT2D eigenvalue weighted by molar-refractivity contribution is -0.138. The van der Waals surface area contributed by atoms with Crippen molar-refractivity contribution in [1.82, 2.24) is 10.2 Å². The highest BCUT2D eigenvalue weighted by Gasteiger charge is 2.25. The lowest BCUT2D eigenvalue weighted by Crippen LogP contribution is -2.48. The number of hydrogen-bond donors (Lipinski definition) is 1. The minimum atomic E-state index is -0.518. The van der Waals surface area contributed by atoms with Crippen LogP contribution in [0.4, 0.5) is 0 Å². The van der Waals surface area contributed by atoms with Crippen LogP contribution < -0.4 is 5.32 Å². The summed E-state index contributed by atoms with van der Waals surface area (Å²) in [5.74, 6) is 0.884. The van der Waals surface area contributed by atoms with E-state index in [4.69, 9.17) is 11.6 Å². The summed E-state index contributed by atoms with van der Waals surface area (Å²) in [6.45, 7) is 4.82. The molecule has 1 atom stereocenters. The number of halogens is 1. The topological polar surface area (TPSA) is 49.4 Å². The van der Waals surface area contributed by atoms with Crippen LogP contribution in [0.25, 0.3) is 0 Å². The van der Waals surface area contributed by atoms with Gasteiger partial charge in [0.05, 0.1) is 5.75 Å². The van der Waals surface area contributed by atoms with Crippen LogP contribution in [0.3, 0.4) is 0 Å². The number of thioether (sulfide) groups is 1. The van der Waals surface area contributed by atoms with Crippen LogP contribution in [0.1, 0.15) is 31.4 Å². The van der Waals surface area contributed by atoms with E-state index in [0.29, 0.717) is 23.9 Å². The van der Waals surface area contributed by atoms with Gasteiger partial charge in [-0.3, -0.25) is 9.59 Å². The molecule has 0 saturated heterocycles. The molecule has 0 fully saturated rings. The fraction of sp³-hybridized carbons (Fsp3) is 0.364. The molecule has 28 heavy (non-hydrogen) atoms. The van der Waals surface area contributed by atoms with Gasteiger partial charge in [-0.25, -0.2) is 0 Å². The van der Waals surface area contributed by atoms with Crippen molar-refractivity contribution in [2.45, 2.75) is 38.6 Å². The predicted octanol–water partition coefficient (Wildman–Crippen LogP) is 4.52. The van der Waals surface area contributed by atoms with Crippen LogP contribution >= 0.6 is 23.4 Å². The van der Waals surface area contributed by atoms with Crippen LogP contribution in [0, 0.1) is 0 Å². The van der Waals surface area contributed by atoms with Gasteiger partial charge >= 0.3 is 0 Å². The van der Waals surface area contributed by atoms with Gasteiger partial charge in [0.2, 0.25) is 11.8 Å². The number of carbonyl (C=O) groups is 2. The summed E-state index contributed by atoms with van der Waals surface area (Å²) >= 11 is 7.45. The largest absolute Gasteiger partial charge is 0.354 e. The van der Waals surface area contributed by atoms with Gasteiger partial charge in [-0.2, -0.15) is 0 Å². The van der Waals surface area contributed by atoms with E-state index in [9.17, 15) is 9.59 Å². The number of hydrogen-bond acceptors (Lipinski definition) is 3. The Kier molecular flexibility index (Phi) is 9.38. The Morgan fingerprint density at radius 1 is 1.07 bits per heavy atom. The smallest absolute Gasteiger partial charge is 0.242 e. The van der Waals surface area contributed by atoms with E-state index in [-0.39, 0.29) is 11.8 Å². The van der Waals surface area contributed by atoms with Crippen molar-refractivity contribution < 1.29 is 9.59 Å². The molecule has 2 amide bonds. The maximum atomic E-state index is 12.9. The van der Waals surface area contributed by atoms with Gasteiger partial charge in [0.25, 0.3) is 0 Å². The SMILES string of the molecule is CCCNC(=O)C(C)N(Cc1ccccc1)C(=O)CSCc1ccc(Cl)cc1. The van der Waals surface area contributed by atoms with Crippen molar-refractivity contribution in [2.75, 3.05) is 12.3 Å². The maximum Gasteiger partial charge on any atom is 0.242 e. The molecule has 0 aliphatic rings. The van der Waals surface area contributed by atoms with Crippen LogP contribution in [0.5, 0.6) is 0 Å². The van der Waals surface area contributed by atoms with Gasteiger partial charge in [-0.15, -0.1) is 11.8 Å². The van der Waals surface area contributed by atoms with Gasteiger partial charge in [0.15, 0.2) is 0 Å². The first kappa shape index (κ1) is 22.3. The van der Waals surface area contributed by atoms with Gasteiger partial charge in [-0.05, 0) is 36.6 Å². The highest BCUT2D eigenvalue weighted by atomic mass is 35.5. The lowest BCUT2D eigenvalue weighted by Gasteiger charge is -2.28. The molecule has 0 saturated carbocycles. The Labute approximate surface area is 176 Å². The van der Waals surface area contributed by atoms with Crippen molar-refractivity contribution in [1.29, 1.82) is 0 Å². The first-order valence-electron chi connectivity index (χ1n) is 9.44. The molecular formula is C22H27ClN2O2S. The number of benzene rings is 2. The zero-order valence-corrected chi connectivity index (χ0v) is 17.9. The Morgan fingerprint density at radius 3 is 2.39 bits per heavy atom. The van der Waals surface area contributed by atoms with Crippen LogP contribution in [0.15, 0.2) is 54.6 Å². The molecule has 2 aromatic rings. The van der Waals surface area contributed by atoms with Gasteiger partial charge in [0, 0.05) is 23.9 Å².